The van der Waals surface area contributed by atoms with E-state index in [0.29, 0.717) is 29.7 Å². The molecule has 7 heteroatoms. The third-order valence-corrected chi connectivity index (χ3v) is 4.18. The average molecular weight is 323 g/mol. The van der Waals surface area contributed by atoms with Crippen molar-refractivity contribution in [3.63, 3.8) is 0 Å². The highest BCUT2D eigenvalue weighted by atomic mass is 35.5. The first-order chi connectivity index (χ1) is 10.6. The second-order valence-corrected chi connectivity index (χ2v) is 6.13. The Morgan fingerprint density at radius 3 is 3.14 bits per heavy atom. The number of likely N-dealkylation sites (tertiary alicyclic amines) is 1. The summed E-state index contributed by atoms with van der Waals surface area (Å²) in [4.78, 5) is 22.0. The van der Waals surface area contributed by atoms with E-state index in [2.05, 4.69) is 15.1 Å². The van der Waals surface area contributed by atoms with Crippen molar-refractivity contribution in [1.29, 1.82) is 0 Å². The molecular weight excluding hydrogens is 304 g/mol. The van der Waals surface area contributed by atoms with Crippen molar-refractivity contribution < 1.29 is 9.32 Å². The van der Waals surface area contributed by atoms with E-state index in [1.165, 1.54) is 0 Å². The van der Waals surface area contributed by atoms with Crippen molar-refractivity contribution in [2.45, 2.75) is 38.5 Å². The SMILES string of the molecule is Cc1cnc(C2CCCN(C(=O)CCc3cc(Cl)no3)C2)[nH]1. The Morgan fingerprint density at radius 1 is 1.59 bits per heavy atom. The maximum Gasteiger partial charge on any atom is 0.223 e. The van der Waals surface area contributed by atoms with Gasteiger partial charge >= 0.3 is 0 Å². The lowest BCUT2D eigenvalue weighted by Crippen LogP contribution is -2.39. The lowest BCUT2D eigenvalue weighted by molar-refractivity contribution is -0.132. The Balaban J connectivity index is 1.55. The van der Waals surface area contributed by atoms with Gasteiger partial charge in [0.05, 0.1) is 0 Å². The molecule has 1 saturated heterocycles. The maximum atomic E-state index is 12.4. The zero-order valence-electron chi connectivity index (χ0n) is 12.5. The van der Waals surface area contributed by atoms with Crippen LogP contribution in [0.1, 0.15) is 42.5 Å². The number of aryl methyl sites for hydroxylation is 2. The van der Waals surface area contributed by atoms with Crippen molar-refractivity contribution >= 4 is 17.5 Å². The number of carbonyl (C=O) groups is 1. The van der Waals surface area contributed by atoms with Crippen LogP contribution in [-0.4, -0.2) is 39.0 Å². The van der Waals surface area contributed by atoms with Crippen molar-refractivity contribution in [2.24, 2.45) is 0 Å². The molecule has 6 nitrogen and oxygen atoms in total. The van der Waals surface area contributed by atoms with E-state index in [1.54, 1.807) is 6.07 Å². The van der Waals surface area contributed by atoms with E-state index >= 15 is 0 Å². The minimum absolute atomic E-state index is 0.139. The number of carbonyl (C=O) groups excluding carboxylic acids is 1. The number of piperidine rings is 1. The molecule has 1 aliphatic heterocycles. The summed E-state index contributed by atoms with van der Waals surface area (Å²) in [5.74, 6) is 2.07. The molecule has 1 atom stereocenters. The third kappa shape index (κ3) is 3.50. The molecule has 1 amide bonds. The second kappa shape index (κ2) is 6.52. The molecular formula is C15H19ClN4O2. The molecule has 0 spiro atoms. The number of rotatable bonds is 4. The van der Waals surface area contributed by atoms with Crippen molar-refractivity contribution in [3.8, 4) is 0 Å². The summed E-state index contributed by atoms with van der Waals surface area (Å²) in [6.07, 6.45) is 4.84. The molecule has 22 heavy (non-hydrogen) atoms. The van der Waals surface area contributed by atoms with Gasteiger partial charge in [0.1, 0.15) is 11.6 Å². The standard InChI is InChI=1S/C15H19ClN4O2/c1-10-8-17-15(18-10)11-3-2-6-20(9-11)14(21)5-4-12-7-13(16)19-22-12/h7-8,11H,2-6,9H2,1H3,(H,17,18). The molecule has 0 radical (unpaired) electrons. The lowest BCUT2D eigenvalue weighted by atomic mass is 9.97. The average Bonchev–Trinajstić information content (AvgIpc) is 3.13. The largest absolute Gasteiger partial charge is 0.360 e. The number of imidazole rings is 1. The third-order valence-electron chi connectivity index (χ3n) is 4.00. The first kappa shape index (κ1) is 15.1. The van der Waals surface area contributed by atoms with Crippen molar-refractivity contribution in [1.82, 2.24) is 20.0 Å². The topological polar surface area (TPSA) is 75.0 Å². The predicted molar refractivity (Wildman–Crippen MR) is 81.7 cm³/mol. The van der Waals surface area contributed by atoms with Crippen LogP contribution in [-0.2, 0) is 11.2 Å². The fourth-order valence-electron chi connectivity index (χ4n) is 2.86. The van der Waals surface area contributed by atoms with Crippen LogP contribution in [0.3, 0.4) is 0 Å². The van der Waals surface area contributed by atoms with Crippen LogP contribution in [0.15, 0.2) is 16.8 Å². The molecule has 118 valence electrons. The van der Waals surface area contributed by atoms with Crippen LogP contribution in [0, 0.1) is 6.92 Å². The van der Waals surface area contributed by atoms with Gasteiger partial charge in [-0.1, -0.05) is 16.8 Å². The molecule has 1 unspecified atom stereocenters. The number of hydrogen-bond donors (Lipinski definition) is 1. The number of halogens is 1. The summed E-state index contributed by atoms with van der Waals surface area (Å²) >= 11 is 5.70. The summed E-state index contributed by atoms with van der Waals surface area (Å²) in [5.41, 5.74) is 1.06. The van der Waals surface area contributed by atoms with Crippen LogP contribution in [0.25, 0.3) is 0 Å². The fraction of sp³-hybridized carbons (Fsp3) is 0.533. The second-order valence-electron chi connectivity index (χ2n) is 5.75. The van der Waals surface area contributed by atoms with Crippen LogP contribution < -0.4 is 0 Å². The Bertz CT molecular complexity index is 652. The quantitative estimate of drug-likeness (QED) is 0.939. The van der Waals surface area contributed by atoms with Gasteiger partial charge in [-0.2, -0.15) is 0 Å². The number of amides is 1. The van der Waals surface area contributed by atoms with E-state index in [1.807, 2.05) is 18.0 Å². The van der Waals surface area contributed by atoms with E-state index < -0.39 is 0 Å². The Labute approximate surface area is 133 Å². The lowest BCUT2D eigenvalue weighted by Gasteiger charge is -2.32. The molecule has 1 aliphatic rings. The first-order valence-electron chi connectivity index (χ1n) is 7.52. The number of aromatic nitrogens is 3. The smallest absolute Gasteiger partial charge is 0.223 e. The Hall–Kier alpha value is -1.82. The predicted octanol–water partition coefficient (Wildman–Crippen LogP) is 2.70. The molecule has 0 saturated carbocycles. The van der Waals surface area contributed by atoms with E-state index in [9.17, 15) is 4.79 Å². The maximum absolute atomic E-state index is 12.4. The first-order valence-corrected chi connectivity index (χ1v) is 7.90. The minimum Gasteiger partial charge on any atom is -0.360 e. The highest BCUT2D eigenvalue weighted by Crippen LogP contribution is 2.25. The number of nitrogens with one attached hydrogen (secondary N) is 1. The number of nitrogens with zero attached hydrogens (tertiary/aromatic N) is 3. The van der Waals surface area contributed by atoms with Crippen LogP contribution in [0.2, 0.25) is 5.15 Å². The highest BCUT2D eigenvalue weighted by Gasteiger charge is 2.26. The molecule has 0 aliphatic carbocycles. The van der Waals surface area contributed by atoms with Crippen LogP contribution in [0.5, 0.6) is 0 Å². The molecule has 1 N–H and O–H groups in total. The van der Waals surface area contributed by atoms with Gasteiger partial charge in [0, 0.05) is 49.8 Å². The van der Waals surface area contributed by atoms with E-state index in [-0.39, 0.29) is 5.91 Å². The normalized spacial score (nSPS) is 18.6. The zero-order valence-corrected chi connectivity index (χ0v) is 13.3. The molecule has 1 fully saturated rings. The molecule has 2 aromatic heterocycles. The molecule has 0 bridgehead atoms. The monoisotopic (exact) mass is 322 g/mol. The van der Waals surface area contributed by atoms with Gasteiger partial charge in [0.15, 0.2) is 5.15 Å². The number of hydrogen-bond acceptors (Lipinski definition) is 4. The number of aromatic amines is 1. The molecule has 0 aromatic carbocycles. The minimum atomic E-state index is 0.139. The van der Waals surface area contributed by atoms with Gasteiger partial charge in [-0.15, -0.1) is 0 Å². The summed E-state index contributed by atoms with van der Waals surface area (Å²) < 4.78 is 5.03. The van der Waals surface area contributed by atoms with Gasteiger partial charge in [-0.3, -0.25) is 4.79 Å². The zero-order chi connectivity index (χ0) is 15.5. The van der Waals surface area contributed by atoms with Crippen molar-refractivity contribution in [2.75, 3.05) is 13.1 Å². The van der Waals surface area contributed by atoms with Crippen LogP contribution >= 0.6 is 11.6 Å². The van der Waals surface area contributed by atoms with Crippen LogP contribution in [0.4, 0.5) is 0 Å². The molecule has 3 rings (SSSR count). The van der Waals surface area contributed by atoms with Gasteiger partial charge in [-0.25, -0.2) is 4.98 Å². The highest BCUT2D eigenvalue weighted by molar-refractivity contribution is 6.29. The summed E-state index contributed by atoms with van der Waals surface area (Å²) in [6, 6.07) is 1.65. The molecule has 2 aromatic rings. The number of H-pyrrole nitrogens is 1. The Morgan fingerprint density at radius 2 is 2.45 bits per heavy atom. The van der Waals surface area contributed by atoms with Gasteiger partial charge in [0.25, 0.3) is 0 Å². The fourth-order valence-corrected chi connectivity index (χ4v) is 3.02. The van der Waals surface area contributed by atoms with Gasteiger partial charge in [-0.05, 0) is 19.8 Å². The summed E-state index contributed by atoms with van der Waals surface area (Å²) in [5, 5.41) is 3.94. The van der Waals surface area contributed by atoms with Crippen molar-refractivity contribution in [3.05, 3.63) is 34.7 Å². The van der Waals surface area contributed by atoms with E-state index in [0.717, 1.165) is 37.4 Å². The van der Waals surface area contributed by atoms with Gasteiger partial charge in [0.2, 0.25) is 5.91 Å². The Kier molecular flexibility index (Phi) is 4.47. The van der Waals surface area contributed by atoms with E-state index in [4.69, 9.17) is 16.1 Å². The summed E-state index contributed by atoms with van der Waals surface area (Å²) in [7, 11) is 0. The molecule has 3 heterocycles. The summed E-state index contributed by atoms with van der Waals surface area (Å²) in [6.45, 7) is 3.53. The van der Waals surface area contributed by atoms with Gasteiger partial charge < -0.3 is 14.4 Å².